The van der Waals surface area contributed by atoms with Crippen molar-refractivity contribution >= 4 is 15.9 Å². The summed E-state index contributed by atoms with van der Waals surface area (Å²) in [5.74, 6) is -0.287. The molecule has 2 aromatic rings. The molecule has 0 aromatic heterocycles. The van der Waals surface area contributed by atoms with Crippen molar-refractivity contribution in [1.29, 1.82) is 0 Å². The zero-order chi connectivity index (χ0) is 19.6. The lowest BCUT2D eigenvalue weighted by Gasteiger charge is -2.55. The maximum atomic E-state index is 12.9. The fourth-order valence-corrected chi connectivity index (χ4v) is 5.08. The van der Waals surface area contributed by atoms with Gasteiger partial charge in [0.15, 0.2) is 0 Å². The SMILES string of the molecule is CC(=O)N1[C@@H](CO)[C@H](c2ccccc2)[C@@H]1CN(C)S(=O)(=O)c1ccccc1. The summed E-state index contributed by atoms with van der Waals surface area (Å²) in [4.78, 5) is 13.9. The Bertz CT molecular complexity index is 887. The summed E-state index contributed by atoms with van der Waals surface area (Å²) in [5.41, 5.74) is 0.990. The molecule has 3 atom stereocenters. The monoisotopic (exact) mass is 388 g/mol. The molecule has 1 heterocycles. The van der Waals surface area contributed by atoms with E-state index in [4.69, 9.17) is 0 Å². The van der Waals surface area contributed by atoms with Gasteiger partial charge in [0.2, 0.25) is 15.9 Å². The van der Waals surface area contributed by atoms with Crippen LogP contribution in [0, 0.1) is 0 Å². The number of amides is 1. The Kier molecular flexibility index (Phi) is 5.64. The molecule has 1 saturated heterocycles. The van der Waals surface area contributed by atoms with E-state index in [0.717, 1.165) is 5.56 Å². The van der Waals surface area contributed by atoms with Gasteiger partial charge in [0, 0.05) is 26.4 Å². The summed E-state index contributed by atoms with van der Waals surface area (Å²) >= 11 is 0. The molecule has 1 N–H and O–H groups in total. The number of nitrogens with zero attached hydrogens (tertiary/aromatic N) is 2. The van der Waals surface area contributed by atoms with Crippen LogP contribution in [0.2, 0.25) is 0 Å². The van der Waals surface area contributed by atoms with E-state index in [-0.39, 0.29) is 42.0 Å². The molecule has 0 bridgehead atoms. The standard InChI is InChI=1S/C20H24N2O4S/c1-15(24)22-18(20(19(22)14-23)16-9-5-3-6-10-16)13-21(2)27(25,26)17-11-7-4-8-12-17/h3-12,18-20,23H,13-14H2,1-2H3/t18-,19-,20+/m0/s1. The van der Waals surface area contributed by atoms with Crippen LogP contribution in [0.5, 0.6) is 0 Å². The highest BCUT2D eigenvalue weighted by Gasteiger charge is 2.51. The minimum atomic E-state index is -3.66. The van der Waals surface area contributed by atoms with Crippen molar-refractivity contribution in [3.63, 3.8) is 0 Å². The Morgan fingerprint density at radius 1 is 1.04 bits per heavy atom. The van der Waals surface area contributed by atoms with Crippen LogP contribution in [-0.2, 0) is 14.8 Å². The molecule has 0 spiro atoms. The molecule has 27 heavy (non-hydrogen) atoms. The highest BCUT2D eigenvalue weighted by Crippen LogP contribution is 2.41. The minimum absolute atomic E-state index is 0.117. The van der Waals surface area contributed by atoms with Gasteiger partial charge in [-0.2, -0.15) is 4.31 Å². The zero-order valence-electron chi connectivity index (χ0n) is 15.4. The van der Waals surface area contributed by atoms with Crippen LogP contribution < -0.4 is 0 Å². The van der Waals surface area contributed by atoms with E-state index in [1.54, 1.807) is 35.2 Å². The molecule has 1 amide bonds. The summed E-state index contributed by atoms with van der Waals surface area (Å²) in [6.07, 6.45) is 0. The number of aliphatic hydroxyl groups excluding tert-OH is 1. The van der Waals surface area contributed by atoms with E-state index in [2.05, 4.69) is 0 Å². The molecule has 1 fully saturated rings. The lowest BCUT2D eigenvalue weighted by molar-refractivity contribution is -0.148. The topological polar surface area (TPSA) is 77.9 Å². The largest absolute Gasteiger partial charge is 0.394 e. The van der Waals surface area contributed by atoms with E-state index >= 15 is 0 Å². The average molecular weight is 388 g/mol. The fourth-order valence-electron chi connectivity index (χ4n) is 3.87. The number of aliphatic hydroxyl groups is 1. The smallest absolute Gasteiger partial charge is 0.242 e. The lowest BCUT2D eigenvalue weighted by Crippen LogP contribution is -2.68. The van der Waals surface area contributed by atoms with Gasteiger partial charge in [-0.25, -0.2) is 8.42 Å². The molecule has 144 valence electrons. The van der Waals surface area contributed by atoms with Gasteiger partial charge in [0.05, 0.1) is 23.6 Å². The van der Waals surface area contributed by atoms with Crippen molar-refractivity contribution in [3.8, 4) is 0 Å². The van der Waals surface area contributed by atoms with Crippen molar-refractivity contribution in [2.75, 3.05) is 20.2 Å². The molecule has 0 saturated carbocycles. The Balaban J connectivity index is 1.89. The number of carbonyl (C=O) groups excluding carboxylic acids is 1. The van der Waals surface area contributed by atoms with E-state index in [0.29, 0.717) is 0 Å². The second-order valence-corrected chi connectivity index (χ2v) is 8.82. The van der Waals surface area contributed by atoms with E-state index < -0.39 is 10.0 Å². The van der Waals surface area contributed by atoms with Gasteiger partial charge in [-0.05, 0) is 17.7 Å². The summed E-state index contributed by atoms with van der Waals surface area (Å²) in [6.45, 7) is 1.44. The highest BCUT2D eigenvalue weighted by atomic mass is 32.2. The summed E-state index contributed by atoms with van der Waals surface area (Å²) in [7, 11) is -2.13. The Hall–Kier alpha value is -2.22. The van der Waals surface area contributed by atoms with Gasteiger partial charge < -0.3 is 10.0 Å². The van der Waals surface area contributed by atoms with Crippen molar-refractivity contribution < 1.29 is 18.3 Å². The molecule has 0 radical (unpaired) electrons. The van der Waals surface area contributed by atoms with Gasteiger partial charge in [-0.15, -0.1) is 0 Å². The first kappa shape index (κ1) is 19.5. The van der Waals surface area contributed by atoms with Crippen LogP contribution in [0.3, 0.4) is 0 Å². The van der Waals surface area contributed by atoms with Gasteiger partial charge in [-0.3, -0.25) is 4.79 Å². The Labute approximate surface area is 160 Å². The second kappa shape index (κ2) is 7.80. The number of hydrogen-bond donors (Lipinski definition) is 1. The molecule has 0 aliphatic carbocycles. The van der Waals surface area contributed by atoms with Gasteiger partial charge >= 0.3 is 0 Å². The first-order valence-corrected chi connectivity index (χ1v) is 10.3. The molecule has 7 heteroatoms. The molecule has 0 unspecified atom stereocenters. The number of rotatable bonds is 6. The maximum Gasteiger partial charge on any atom is 0.242 e. The van der Waals surface area contributed by atoms with E-state index in [1.165, 1.54) is 18.3 Å². The van der Waals surface area contributed by atoms with Crippen LogP contribution >= 0.6 is 0 Å². The van der Waals surface area contributed by atoms with Gasteiger partial charge in [-0.1, -0.05) is 48.5 Å². The molecular formula is C20H24N2O4S. The summed E-state index contributed by atoms with van der Waals surface area (Å²) in [5, 5.41) is 9.80. The van der Waals surface area contributed by atoms with Gasteiger partial charge in [0.25, 0.3) is 0 Å². The van der Waals surface area contributed by atoms with Crippen LogP contribution in [-0.4, -0.2) is 60.9 Å². The molecule has 1 aliphatic rings. The van der Waals surface area contributed by atoms with Crippen LogP contribution in [0.1, 0.15) is 18.4 Å². The predicted molar refractivity (Wildman–Crippen MR) is 103 cm³/mol. The lowest BCUT2D eigenvalue weighted by atomic mass is 9.75. The number of likely N-dealkylation sites (tertiary alicyclic amines) is 1. The number of carbonyl (C=O) groups is 1. The van der Waals surface area contributed by atoms with Crippen LogP contribution in [0.4, 0.5) is 0 Å². The minimum Gasteiger partial charge on any atom is -0.394 e. The number of benzene rings is 2. The molecule has 6 nitrogen and oxygen atoms in total. The van der Waals surface area contributed by atoms with Crippen molar-refractivity contribution in [1.82, 2.24) is 9.21 Å². The zero-order valence-corrected chi connectivity index (χ0v) is 16.2. The maximum absolute atomic E-state index is 12.9. The first-order chi connectivity index (χ1) is 12.9. The molecular weight excluding hydrogens is 364 g/mol. The van der Waals surface area contributed by atoms with Crippen molar-refractivity contribution in [2.24, 2.45) is 0 Å². The van der Waals surface area contributed by atoms with Crippen LogP contribution in [0.15, 0.2) is 65.6 Å². The Morgan fingerprint density at radius 3 is 2.11 bits per heavy atom. The molecule has 2 aromatic carbocycles. The highest BCUT2D eigenvalue weighted by molar-refractivity contribution is 7.89. The van der Waals surface area contributed by atoms with Crippen molar-refractivity contribution in [2.45, 2.75) is 29.8 Å². The summed E-state index contributed by atoms with van der Waals surface area (Å²) in [6, 6.07) is 17.2. The Morgan fingerprint density at radius 2 is 1.59 bits per heavy atom. The van der Waals surface area contributed by atoms with E-state index in [1.807, 2.05) is 30.3 Å². The fraction of sp³-hybridized carbons (Fsp3) is 0.350. The average Bonchev–Trinajstić information content (AvgIpc) is 2.65. The normalized spacial score (nSPS) is 22.5. The third-order valence-corrected chi connectivity index (χ3v) is 7.01. The number of likely N-dealkylation sites (N-methyl/N-ethyl adjacent to an activating group) is 1. The predicted octanol–water partition coefficient (Wildman–Crippen LogP) is 1.68. The first-order valence-electron chi connectivity index (χ1n) is 8.84. The van der Waals surface area contributed by atoms with Gasteiger partial charge in [0.1, 0.15) is 0 Å². The molecule has 3 rings (SSSR count). The van der Waals surface area contributed by atoms with Crippen molar-refractivity contribution in [3.05, 3.63) is 66.2 Å². The number of hydrogen-bond acceptors (Lipinski definition) is 4. The quantitative estimate of drug-likeness (QED) is 0.817. The summed E-state index contributed by atoms with van der Waals surface area (Å²) < 4.78 is 27.0. The third-order valence-electron chi connectivity index (χ3n) is 5.17. The number of sulfonamides is 1. The molecule has 1 aliphatic heterocycles. The van der Waals surface area contributed by atoms with E-state index in [9.17, 15) is 18.3 Å². The second-order valence-electron chi connectivity index (χ2n) is 6.78. The van der Waals surface area contributed by atoms with Crippen LogP contribution in [0.25, 0.3) is 0 Å². The third kappa shape index (κ3) is 3.63.